The molecule has 0 N–H and O–H groups in total. The van der Waals surface area contributed by atoms with Gasteiger partial charge in [-0.2, -0.15) is 0 Å². The van der Waals surface area contributed by atoms with E-state index in [0.717, 1.165) is 0 Å². The molecule has 1 aromatic heterocycles. The highest BCUT2D eigenvalue weighted by molar-refractivity contribution is 5.68. The Labute approximate surface area is 84.3 Å². The molecule has 70 valence electrons. The molecule has 0 unspecified atom stereocenters. The molecule has 1 nitrogen and oxygen atoms in total. The topological polar surface area (TPSA) is 4.93 Å². The van der Waals surface area contributed by atoms with Crippen molar-refractivity contribution in [3.8, 4) is 0 Å². The summed E-state index contributed by atoms with van der Waals surface area (Å²) in [6, 6.07) is 14.5. The van der Waals surface area contributed by atoms with E-state index < -0.39 is 0 Å². The summed E-state index contributed by atoms with van der Waals surface area (Å²) in [4.78, 5) is 0. The molecule has 0 aliphatic heterocycles. The lowest BCUT2D eigenvalue weighted by Gasteiger charge is -1.95. The molecule has 14 heavy (non-hydrogen) atoms. The second-order valence-corrected chi connectivity index (χ2v) is 3.29. The largest absolute Gasteiger partial charge is 0.351 e. The summed E-state index contributed by atoms with van der Waals surface area (Å²) in [7, 11) is 2.05. The van der Waals surface area contributed by atoms with Gasteiger partial charge in [-0.25, -0.2) is 0 Å². The third-order valence-corrected chi connectivity index (χ3v) is 2.23. The molecule has 1 heteroatoms. The minimum atomic E-state index is 1.22. The van der Waals surface area contributed by atoms with Gasteiger partial charge < -0.3 is 4.57 Å². The first-order valence-electron chi connectivity index (χ1n) is 4.71. The summed E-state index contributed by atoms with van der Waals surface area (Å²) in [5.41, 5.74) is 2.45. The third kappa shape index (κ3) is 1.94. The molecule has 0 atom stereocenters. The maximum Gasteiger partial charge on any atom is 0.0404 e. The number of hydrogen-bond donors (Lipinski definition) is 0. The zero-order chi connectivity index (χ0) is 9.80. The van der Waals surface area contributed by atoms with Crippen LogP contribution >= 0.6 is 0 Å². The van der Waals surface area contributed by atoms with Gasteiger partial charge in [0.2, 0.25) is 0 Å². The van der Waals surface area contributed by atoms with Crippen LogP contribution in [0.15, 0.2) is 48.7 Å². The van der Waals surface area contributed by atoms with Crippen molar-refractivity contribution >= 4 is 12.2 Å². The monoisotopic (exact) mass is 183 g/mol. The van der Waals surface area contributed by atoms with Gasteiger partial charge in [-0.3, -0.25) is 0 Å². The molecule has 0 saturated carbocycles. The predicted octanol–water partition coefficient (Wildman–Crippen LogP) is 3.20. The van der Waals surface area contributed by atoms with Crippen molar-refractivity contribution in [2.45, 2.75) is 0 Å². The molecule has 0 spiro atoms. The summed E-state index contributed by atoms with van der Waals surface area (Å²) < 4.78 is 2.10. The Morgan fingerprint density at radius 3 is 2.36 bits per heavy atom. The van der Waals surface area contributed by atoms with Gasteiger partial charge in [0, 0.05) is 18.9 Å². The van der Waals surface area contributed by atoms with Crippen molar-refractivity contribution in [1.29, 1.82) is 0 Å². The maximum atomic E-state index is 2.12. The van der Waals surface area contributed by atoms with Crippen LogP contribution in [0.5, 0.6) is 0 Å². The first-order chi connectivity index (χ1) is 6.86. The second-order valence-electron chi connectivity index (χ2n) is 3.29. The lowest BCUT2D eigenvalue weighted by Crippen LogP contribution is -1.86. The summed E-state index contributed by atoms with van der Waals surface area (Å²) in [6.45, 7) is 0. The summed E-state index contributed by atoms with van der Waals surface area (Å²) in [5, 5.41) is 0. The molecule has 0 saturated heterocycles. The van der Waals surface area contributed by atoms with E-state index in [0.29, 0.717) is 0 Å². The zero-order valence-electron chi connectivity index (χ0n) is 8.22. The average molecular weight is 183 g/mol. The Hall–Kier alpha value is -1.76. The van der Waals surface area contributed by atoms with Crippen LogP contribution in [0.4, 0.5) is 0 Å². The van der Waals surface area contributed by atoms with E-state index in [1.54, 1.807) is 0 Å². The quantitative estimate of drug-likeness (QED) is 0.673. The van der Waals surface area contributed by atoms with E-state index in [1.165, 1.54) is 11.3 Å². The van der Waals surface area contributed by atoms with E-state index in [9.17, 15) is 0 Å². The molecule has 1 heterocycles. The second kappa shape index (κ2) is 3.97. The fourth-order valence-electron chi connectivity index (χ4n) is 1.39. The normalized spacial score (nSPS) is 10.9. The van der Waals surface area contributed by atoms with Crippen LogP contribution in [0.3, 0.4) is 0 Å². The highest BCUT2D eigenvalue weighted by Gasteiger charge is 1.89. The van der Waals surface area contributed by atoms with Gasteiger partial charge in [0.15, 0.2) is 0 Å². The SMILES string of the molecule is Cn1cccc1/C=C/c1ccccc1. The molecule has 1 aromatic carbocycles. The fourth-order valence-corrected chi connectivity index (χ4v) is 1.39. The Bertz CT molecular complexity index is 424. The minimum Gasteiger partial charge on any atom is -0.351 e. The summed E-state index contributed by atoms with van der Waals surface area (Å²) in [6.07, 6.45) is 6.29. The van der Waals surface area contributed by atoms with Crippen LogP contribution in [0.1, 0.15) is 11.3 Å². The molecular formula is C13H13N. The third-order valence-electron chi connectivity index (χ3n) is 2.23. The van der Waals surface area contributed by atoms with Gasteiger partial charge in [-0.15, -0.1) is 0 Å². The van der Waals surface area contributed by atoms with E-state index in [1.807, 2.05) is 37.5 Å². The van der Waals surface area contributed by atoms with Crippen molar-refractivity contribution in [2.24, 2.45) is 7.05 Å². The molecule has 0 aliphatic rings. The van der Waals surface area contributed by atoms with Crippen LogP contribution in [0.25, 0.3) is 12.2 Å². The van der Waals surface area contributed by atoms with Crippen molar-refractivity contribution in [3.05, 3.63) is 59.9 Å². The van der Waals surface area contributed by atoms with Crippen LogP contribution < -0.4 is 0 Å². The van der Waals surface area contributed by atoms with Crippen LogP contribution in [0.2, 0.25) is 0 Å². The highest BCUT2D eigenvalue weighted by atomic mass is 14.9. The molecule has 0 aliphatic carbocycles. The van der Waals surface area contributed by atoms with Crippen LogP contribution in [-0.2, 0) is 7.05 Å². The van der Waals surface area contributed by atoms with Crippen LogP contribution in [-0.4, -0.2) is 4.57 Å². The molecule has 0 fully saturated rings. The number of rotatable bonds is 2. The minimum absolute atomic E-state index is 1.22. The maximum absolute atomic E-state index is 2.12. The Kier molecular flexibility index (Phi) is 2.50. The van der Waals surface area contributed by atoms with Crippen LogP contribution in [0, 0.1) is 0 Å². The zero-order valence-corrected chi connectivity index (χ0v) is 8.22. The summed E-state index contributed by atoms with van der Waals surface area (Å²) >= 11 is 0. The van der Waals surface area contributed by atoms with Gasteiger partial charge in [0.05, 0.1) is 0 Å². The van der Waals surface area contributed by atoms with E-state index >= 15 is 0 Å². The first-order valence-corrected chi connectivity index (χ1v) is 4.71. The number of benzene rings is 1. The van der Waals surface area contributed by atoms with Crippen molar-refractivity contribution in [1.82, 2.24) is 4.57 Å². The molecule has 0 amide bonds. The number of nitrogens with zero attached hydrogens (tertiary/aromatic N) is 1. The van der Waals surface area contributed by atoms with Gasteiger partial charge in [0.25, 0.3) is 0 Å². The van der Waals surface area contributed by atoms with Gasteiger partial charge in [-0.05, 0) is 23.8 Å². The average Bonchev–Trinajstić information content (AvgIpc) is 2.63. The Morgan fingerprint density at radius 1 is 0.929 bits per heavy atom. The molecule has 2 aromatic rings. The Morgan fingerprint density at radius 2 is 1.71 bits per heavy atom. The predicted molar refractivity (Wildman–Crippen MR) is 60.8 cm³/mol. The van der Waals surface area contributed by atoms with Gasteiger partial charge >= 0.3 is 0 Å². The lowest BCUT2D eigenvalue weighted by molar-refractivity contribution is 0.915. The van der Waals surface area contributed by atoms with Crippen molar-refractivity contribution < 1.29 is 0 Å². The molecule has 0 radical (unpaired) electrons. The van der Waals surface area contributed by atoms with Gasteiger partial charge in [0.1, 0.15) is 0 Å². The fraction of sp³-hybridized carbons (Fsp3) is 0.0769. The summed E-state index contributed by atoms with van der Waals surface area (Å²) in [5.74, 6) is 0. The highest BCUT2D eigenvalue weighted by Crippen LogP contribution is 2.07. The van der Waals surface area contributed by atoms with Gasteiger partial charge in [-0.1, -0.05) is 36.4 Å². The number of aromatic nitrogens is 1. The van der Waals surface area contributed by atoms with Crippen molar-refractivity contribution in [3.63, 3.8) is 0 Å². The molecular weight excluding hydrogens is 170 g/mol. The lowest BCUT2D eigenvalue weighted by atomic mass is 10.2. The first kappa shape index (κ1) is 8.82. The molecule has 0 bridgehead atoms. The van der Waals surface area contributed by atoms with E-state index in [-0.39, 0.29) is 0 Å². The number of hydrogen-bond acceptors (Lipinski definition) is 0. The van der Waals surface area contributed by atoms with Crippen molar-refractivity contribution in [2.75, 3.05) is 0 Å². The Balaban J connectivity index is 2.20. The molecule has 2 rings (SSSR count). The number of aryl methyl sites for hydroxylation is 1. The smallest absolute Gasteiger partial charge is 0.0404 e. The van der Waals surface area contributed by atoms with E-state index in [4.69, 9.17) is 0 Å². The van der Waals surface area contributed by atoms with E-state index in [2.05, 4.69) is 34.9 Å². The standard InChI is InChI=1S/C13H13N/c1-14-11-5-8-13(14)10-9-12-6-3-2-4-7-12/h2-11H,1H3/b10-9+.